The molecule has 8 heteroatoms. The van der Waals surface area contributed by atoms with Gasteiger partial charge in [-0.2, -0.15) is 4.98 Å². The average molecular weight is 417 g/mol. The standard InChI is InChI=1S/C22H32N4O4/c1-12(2)30-20-17(10-23-21(26-20)24-16-3-4-29-11-16)19(27)25-18-14-5-13-6-15(18)9-22(28,7-13)8-14/h10,12-16,18,28H,3-9,11H2,1-2H3,(H,25,27)(H,23,24,26)/t13?,14-,15+,16-,18?,22?/m1/s1. The van der Waals surface area contributed by atoms with Gasteiger partial charge in [-0.15, -0.1) is 0 Å². The summed E-state index contributed by atoms with van der Waals surface area (Å²) in [7, 11) is 0. The van der Waals surface area contributed by atoms with E-state index in [1.54, 1.807) is 6.20 Å². The van der Waals surface area contributed by atoms with E-state index in [0.29, 0.717) is 41.8 Å². The summed E-state index contributed by atoms with van der Waals surface area (Å²) < 4.78 is 11.3. The minimum absolute atomic E-state index is 0.106. The third-order valence-corrected chi connectivity index (χ3v) is 7.15. The van der Waals surface area contributed by atoms with Crippen LogP contribution in [-0.2, 0) is 4.74 Å². The summed E-state index contributed by atoms with van der Waals surface area (Å²) in [6.45, 7) is 5.19. The maximum Gasteiger partial charge on any atom is 0.258 e. The largest absolute Gasteiger partial charge is 0.474 e. The number of aromatic nitrogens is 2. The van der Waals surface area contributed by atoms with Crippen molar-refractivity contribution < 1.29 is 19.4 Å². The number of anilines is 1. The van der Waals surface area contributed by atoms with Gasteiger partial charge in [-0.25, -0.2) is 4.98 Å². The number of aliphatic hydroxyl groups is 1. The molecule has 1 aromatic heterocycles. The van der Waals surface area contributed by atoms with Gasteiger partial charge in [0.2, 0.25) is 11.8 Å². The SMILES string of the molecule is CC(C)Oc1nc(N[C@@H]2CCOC2)ncc1C(=O)NC1[C@@H]2CC3C[C@H]1CC(O)(C3)C2. The molecular formula is C22H32N4O4. The Morgan fingerprint density at radius 1 is 1.30 bits per heavy atom. The first-order chi connectivity index (χ1) is 14.4. The van der Waals surface area contributed by atoms with Crippen molar-refractivity contribution in [2.45, 2.75) is 76.2 Å². The fourth-order valence-corrected chi connectivity index (χ4v) is 6.18. The summed E-state index contributed by atoms with van der Waals surface area (Å²) >= 11 is 0. The van der Waals surface area contributed by atoms with E-state index in [-0.39, 0.29) is 24.1 Å². The number of ether oxygens (including phenoxy) is 2. The summed E-state index contributed by atoms with van der Waals surface area (Å²) in [4.78, 5) is 22.1. The fraction of sp³-hybridized carbons (Fsp3) is 0.773. The van der Waals surface area contributed by atoms with E-state index >= 15 is 0 Å². The van der Waals surface area contributed by atoms with Crippen molar-refractivity contribution in [2.24, 2.45) is 17.8 Å². The van der Waals surface area contributed by atoms with Crippen molar-refractivity contribution in [3.05, 3.63) is 11.8 Å². The van der Waals surface area contributed by atoms with E-state index in [0.717, 1.165) is 45.1 Å². The summed E-state index contributed by atoms with van der Waals surface area (Å²) in [5, 5.41) is 17.3. The molecule has 3 unspecified atom stereocenters. The molecule has 30 heavy (non-hydrogen) atoms. The van der Waals surface area contributed by atoms with Crippen LogP contribution >= 0.6 is 0 Å². The lowest BCUT2D eigenvalue weighted by atomic mass is 9.52. The Hall–Kier alpha value is -1.93. The zero-order valence-electron chi connectivity index (χ0n) is 17.8. The quantitative estimate of drug-likeness (QED) is 0.652. The van der Waals surface area contributed by atoms with Crippen LogP contribution in [0.25, 0.3) is 0 Å². The van der Waals surface area contributed by atoms with Gasteiger partial charge in [-0.1, -0.05) is 0 Å². The highest BCUT2D eigenvalue weighted by atomic mass is 16.5. The van der Waals surface area contributed by atoms with Gasteiger partial charge in [0.1, 0.15) is 5.56 Å². The molecule has 4 aliphatic carbocycles. The number of hydrogen-bond acceptors (Lipinski definition) is 7. The molecule has 6 atom stereocenters. The molecule has 1 saturated heterocycles. The summed E-state index contributed by atoms with van der Waals surface area (Å²) in [6, 6.07) is 0.282. The van der Waals surface area contributed by atoms with Gasteiger partial charge in [0.15, 0.2) is 0 Å². The Labute approximate surface area is 177 Å². The molecule has 8 nitrogen and oxygen atoms in total. The van der Waals surface area contributed by atoms with Gasteiger partial charge in [0, 0.05) is 18.8 Å². The maximum absolute atomic E-state index is 13.2. The third kappa shape index (κ3) is 3.87. The number of rotatable bonds is 6. The zero-order chi connectivity index (χ0) is 20.9. The van der Waals surface area contributed by atoms with E-state index < -0.39 is 5.60 Å². The predicted molar refractivity (Wildman–Crippen MR) is 110 cm³/mol. The monoisotopic (exact) mass is 416 g/mol. The second kappa shape index (κ2) is 7.64. The Kier molecular flexibility index (Phi) is 5.09. The van der Waals surface area contributed by atoms with E-state index in [2.05, 4.69) is 20.6 Å². The van der Waals surface area contributed by atoms with Crippen molar-refractivity contribution >= 4 is 11.9 Å². The Morgan fingerprint density at radius 2 is 2.07 bits per heavy atom. The van der Waals surface area contributed by atoms with Gasteiger partial charge in [0.25, 0.3) is 5.91 Å². The normalized spacial score (nSPS) is 36.9. The van der Waals surface area contributed by atoms with Crippen molar-refractivity contribution in [2.75, 3.05) is 18.5 Å². The second-order valence-corrected chi connectivity index (χ2v) is 9.98. The van der Waals surface area contributed by atoms with Crippen molar-refractivity contribution in [1.29, 1.82) is 0 Å². The lowest BCUT2D eigenvalue weighted by molar-refractivity contribution is -0.136. The highest BCUT2D eigenvalue weighted by Crippen LogP contribution is 2.55. The minimum Gasteiger partial charge on any atom is -0.474 e. The first-order valence-corrected chi connectivity index (χ1v) is 11.3. The first-order valence-electron chi connectivity index (χ1n) is 11.3. The minimum atomic E-state index is -0.510. The van der Waals surface area contributed by atoms with Gasteiger partial charge >= 0.3 is 0 Å². The smallest absolute Gasteiger partial charge is 0.258 e. The zero-order valence-corrected chi connectivity index (χ0v) is 17.8. The molecule has 2 heterocycles. The Bertz CT molecular complexity index is 794. The van der Waals surface area contributed by atoms with Crippen LogP contribution in [0.3, 0.4) is 0 Å². The average Bonchev–Trinajstić information content (AvgIpc) is 3.16. The molecule has 4 bridgehead atoms. The van der Waals surface area contributed by atoms with Crippen LogP contribution in [0.4, 0.5) is 5.95 Å². The lowest BCUT2D eigenvalue weighted by Crippen LogP contribution is -2.61. The van der Waals surface area contributed by atoms with Crippen molar-refractivity contribution in [1.82, 2.24) is 15.3 Å². The molecule has 6 rings (SSSR count). The molecule has 4 saturated carbocycles. The lowest BCUT2D eigenvalue weighted by Gasteiger charge is -2.58. The molecule has 0 aromatic carbocycles. The second-order valence-electron chi connectivity index (χ2n) is 9.98. The van der Waals surface area contributed by atoms with Crippen molar-refractivity contribution in [3.63, 3.8) is 0 Å². The van der Waals surface area contributed by atoms with Crippen LogP contribution in [-0.4, -0.2) is 58.0 Å². The third-order valence-electron chi connectivity index (χ3n) is 7.15. The van der Waals surface area contributed by atoms with E-state index in [1.807, 2.05) is 13.8 Å². The molecule has 3 N–H and O–H groups in total. The summed E-state index contributed by atoms with van der Waals surface area (Å²) in [5.41, 5.74) is -0.145. The maximum atomic E-state index is 13.2. The number of amides is 1. The molecule has 0 spiro atoms. The molecule has 1 aliphatic heterocycles. The van der Waals surface area contributed by atoms with Gasteiger partial charge in [-0.3, -0.25) is 4.79 Å². The fourth-order valence-electron chi connectivity index (χ4n) is 6.18. The molecule has 164 valence electrons. The number of carbonyl (C=O) groups is 1. The van der Waals surface area contributed by atoms with Crippen LogP contribution in [0.2, 0.25) is 0 Å². The topological polar surface area (TPSA) is 106 Å². The van der Waals surface area contributed by atoms with E-state index in [1.165, 1.54) is 0 Å². The Balaban J connectivity index is 1.33. The number of hydrogen-bond donors (Lipinski definition) is 3. The van der Waals surface area contributed by atoms with E-state index in [4.69, 9.17) is 9.47 Å². The molecule has 0 radical (unpaired) electrons. The summed E-state index contributed by atoms with van der Waals surface area (Å²) in [5.74, 6) is 1.88. The predicted octanol–water partition coefficient (Wildman–Crippen LogP) is 2.13. The number of carbonyl (C=O) groups excluding carboxylic acids is 1. The number of nitrogens with zero attached hydrogens (tertiary/aromatic N) is 2. The molecule has 5 aliphatic rings. The molecule has 1 aromatic rings. The molecule has 1 amide bonds. The summed E-state index contributed by atoms with van der Waals surface area (Å²) in [6.07, 6.45) is 7.08. The number of nitrogens with one attached hydrogen (secondary N) is 2. The van der Waals surface area contributed by atoms with Gasteiger partial charge in [0.05, 0.1) is 24.4 Å². The van der Waals surface area contributed by atoms with Crippen molar-refractivity contribution in [3.8, 4) is 5.88 Å². The van der Waals surface area contributed by atoms with Crippen LogP contribution in [0.5, 0.6) is 5.88 Å². The molecular weight excluding hydrogens is 384 g/mol. The van der Waals surface area contributed by atoms with Crippen LogP contribution in [0.1, 0.15) is 62.7 Å². The van der Waals surface area contributed by atoms with E-state index in [9.17, 15) is 9.90 Å². The highest BCUT2D eigenvalue weighted by Gasteiger charge is 2.55. The van der Waals surface area contributed by atoms with Crippen LogP contribution in [0.15, 0.2) is 6.20 Å². The van der Waals surface area contributed by atoms with Gasteiger partial charge < -0.3 is 25.2 Å². The van der Waals surface area contributed by atoms with Crippen LogP contribution in [0, 0.1) is 17.8 Å². The Morgan fingerprint density at radius 3 is 2.70 bits per heavy atom. The first kappa shape index (κ1) is 20.0. The van der Waals surface area contributed by atoms with Gasteiger partial charge in [-0.05, 0) is 70.1 Å². The van der Waals surface area contributed by atoms with Crippen LogP contribution < -0.4 is 15.4 Å². The molecule has 5 fully saturated rings. The highest BCUT2D eigenvalue weighted by molar-refractivity contribution is 5.96.